The van der Waals surface area contributed by atoms with Crippen LogP contribution in [0.1, 0.15) is 6.42 Å². The maximum atomic E-state index is 4.45. The summed E-state index contributed by atoms with van der Waals surface area (Å²) in [6.45, 7) is 1.97. The summed E-state index contributed by atoms with van der Waals surface area (Å²) in [5, 5.41) is 4.38. The third-order valence-corrected chi connectivity index (χ3v) is 2.43. The molecular weight excluding hydrogens is 162 g/mol. The highest BCUT2D eigenvalue weighted by Crippen LogP contribution is 2.22. The number of hydrogen-bond donors (Lipinski definition) is 0. The lowest BCUT2D eigenvalue weighted by Gasteiger charge is -2.13. The molecule has 0 spiro atoms. The maximum Gasteiger partial charge on any atom is 0.225 e. The fourth-order valence-corrected chi connectivity index (χ4v) is 1.81. The Balaban J connectivity index is 2.34. The van der Waals surface area contributed by atoms with E-state index in [4.69, 9.17) is 0 Å². The molecule has 0 aliphatic carbocycles. The van der Waals surface area contributed by atoms with Crippen molar-refractivity contribution in [2.45, 2.75) is 13.0 Å². The number of nitrogens with zero attached hydrogens (tertiary/aromatic N) is 3. The van der Waals surface area contributed by atoms with Gasteiger partial charge in [0.1, 0.15) is 0 Å². The highest BCUT2D eigenvalue weighted by Gasteiger charge is 2.13. The van der Waals surface area contributed by atoms with Crippen LogP contribution in [-0.2, 0) is 6.54 Å². The lowest BCUT2D eigenvalue weighted by Crippen LogP contribution is -2.16. The molecule has 1 aromatic heterocycles. The summed E-state index contributed by atoms with van der Waals surface area (Å²) in [7, 11) is 0. The second-order valence-corrected chi connectivity index (χ2v) is 3.29. The van der Waals surface area contributed by atoms with Crippen LogP contribution < -0.4 is 5.32 Å². The molecule has 0 atom stereocenters. The zero-order valence-electron chi connectivity index (χ0n) is 7.27. The lowest BCUT2D eigenvalue weighted by molar-refractivity contribution is 0.561. The van der Waals surface area contributed by atoms with Gasteiger partial charge in [-0.1, -0.05) is 12.1 Å². The molecule has 0 bridgehead atoms. The Kier molecular flexibility index (Phi) is 1.33. The second kappa shape index (κ2) is 2.49. The molecule has 65 valence electrons. The Bertz CT molecular complexity index is 444. The van der Waals surface area contributed by atoms with Crippen molar-refractivity contribution >= 4 is 17.0 Å². The van der Waals surface area contributed by atoms with Crippen LogP contribution in [0, 0.1) is 0 Å². The van der Waals surface area contributed by atoms with Crippen LogP contribution in [0.5, 0.6) is 0 Å². The molecule has 0 saturated carbocycles. The molecule has 0 saturated heterocycles. The molecular formula is C10H10N3. The summed E-state index contributed by atoms with van der Waals surface area (Å²) in [6, 6.07) is 8.20. The van der Waals surface area contributed by atoms with Crippen LogP contribution in [0.2, 0.25) is 0 Å². The number of rotatable bonds is 0. The molecule has 13 heavy (non-hydrogen) atoms. The molecule has 1 aliphatic rings. The van der Waals surface area contributed by atoms with E-state index < -0.39 is 0 Å². The van der Waals surface area contributed by atoms with Gasteiger partial charge in [0, 0.05) is 13.1 Å². The largest absolute Gasteiger partial charge is 0.309 e. The lowest BCUT2D eigenvalue weighted by atomic mass is 10.3. The van der Waals surface area contributed by atoms with E-state index in [9.17, 15) is 0 Å². The SMILES string of the molecule is c1ccc2c(c1)nc1n2CCC[N]1. The first-order valence-corrected chi connectivity index (χ1v) is 4.58. The van der Waals surface area contributed by atoms with Crippen molar-refractivity contribution in [3.63, 3.8) is 0 Å². The topological polar surface area (TPSA) is 31.9 Å². The highest BCUT2D eigenvalue weighted by molar-refractivity contribution is 5.78. The quantitative estimate of drug-likeness (QED) is 0.595. The minimum atomic E-state index is 0.896. The highest BCUT2D eigenvalue weighted by atomic mass is 15.2. The molecule has 0 unspecified atom stereocenters. The molecule has 2 heterocycles. The summed E-state index contributed by atoms with van der Waals surface area (Å²) in [5.74, 6) is 0.896. The van der Waals surface area contributed by atoms with Gasteiger partial charge < -0.3 is 4.57 Å². The van der Waals surface area contributed by atoms with Crippen LogP contribution in [-0.4, -0.2) is 16.1 Å². The predicted molar refractivity (Wildman–Crippen MR) is 51.0 cm³/mol. The first-order chi connectivity index (χ1) is 6.45. The summed E-state index contributed by atoms with van der Waals surface area (Å²) in [5.41, 5.74) is 2.27. The average Bonchev–Trinajstić information content (AvgIpc) is 2.56. The van der Waals surface area contributed by atoms with Crippen LogP contribution in [0.25, 0.3) is 11.0 Å². The molecule has 2 aromatic rings. The number of benzene rings is 1. The minimum Gasteiger partial charge on any atom is -0.309 e. The Morgan fingerprint density at radius 1 is 1.23 bits per heavy atom. The van der Waals surface area contributed by atoms with E-state index in [0.29, 0.717) is 0 Å². The van der Waals surface area contributed by atoms with Crippen LogP contribution in [0.15, 0.2) is 24.3 Å². The van der Waals surface area contributed by atoms with Gasteiger partial charge >= 0.3 is 0 Å². The number of para-hydroxylation sites is 2. The smallest absolute Gasteiger partial charge is 0.225 e. The minimum absolute atomic E-state index is 0.896. The average molecular weight is 172 g/mol. The molecule has 3 nitrogen and oxygen atoms in total. The van der Waals surface area contributed by atoms with Gasteiger partial charge in [0.25, 0.3) is 0 Å². The van der Waals surface area contributed by atoms with Crippen molar-refractivity contribution in [3.8, 4) is 0 Å². The third-order valence-electron chi connectivity index (χ3n) is 2.43. The molecule has 1 aromatic carbocycles. The van der Waals surface area contributed by atoms with Gasteiger partial charge in [-0.3, -0.25) is 5.32 Å². The van der Waals surface area contributed by atoms with Crippen LogP contribution in [0.4, 0.5) is 5.95 Å². The van der Waals surface area contributed by atoms with Gasteiger partial charge in [-0.05, 0) is 18.6 Å². The summed E-state index contributed by atoms with van der Waals surface area (Å²) >= 11 is 0. The molecule has 3 rings (SSSR count). The Labute approximate surface area is 76.4 Å². The number of aryl methyl sites for hydroxylation is 1. The van der Waals surface area contributed by atoms with E-state index in [1.807, 2.05) is 18.2 Å². The van der Waals surface area contributed by atoms with Gasteiger partial charge in [-0.2, -0.15) is 0 Å². The Morgan fingerprint density at radius 3 is 3.15 bits per heavy atom. The molecule has 0 amide bonds. The number of imidazole rings is 1. The van der Waals surface area contributed by atoms with E-state index in [-0.39, 0.29) is 0 Å². The Hall–Kier alpha value is -1.51. The van der Waals surface area contributed by atoms with Gasteiger partial charge in [-0.15, -0.1) is 0 Å². The van der Waals surface area contributed by atoms with E-state index in [0.717, 1.165) is 31.0 Å². The van der Waals surface area contributed by atoms with Crippen molar-refractivity contribution in [1.29, 1.82) is 0 Å². The van der Waals surface area contributed by atoms with Crippen molar-refractivity contribution in [1.82, 2.24) is 14.9 Å². The van der Waals surface area contributed by atoms with Crippen molar-refractivity contribution in [2.24, 2.45) is 0 Å². The summed E-state index contributed by atoms with van der Waals surface area (Å²) in [4.78, 5) is 4.45. The van der Waals surface area contributed by atoms with Gasteiger partial charge in [0.15, 0.2) is 0 Å². The van der Waals surface area contributed by atoms with Crippen molar-refractivity contribution in [3.05, 3.63) is 24.3 Å². The predicted octanol–water partition coefficient (Wildman–Crippen LogP) is 1.68. The number of fused-ring (bicyclic) bond motifs is 3. The first kappa shape index (κ1) is 6.95. The molecule has 0 N–H and O–H groups in total. The monoisotopic (exact) mass is 172 g/mol. The van der Waals surface area contributed by atoms with E-state index in [1.54, 1.807) is 0 Å². The number of hydrogen-bond acceptors (Lipinski definition) is 1. The summed E-state index contributed by atoms with van der Waals surface area (Å²) < 4.78 is 2.19. The normalized spacial score (nSPS) is 15.4. The van der Waals surface area contributed by atoms with Gasteiger partial charge in [-0.25, -0.2) is 4.98 Å². The second-order valence-electron chi connectivity index (χ2n) is 3.29. The van der Waals surface area contributed by atoms with Crippen LogP contribution >= 0.6 is 0 Å². The standard InChI is InChI=1S/C10H10N3/c1-2-5-9-8(4-1)12-10-11-6-3-7-13(9)10/h1-2,4-5H,3,6-7H2. The Morgan fingerprint density at radius 2 is 2.15 bits per heavy atom. The molecule has 3 heteroatoms. The fraction of sp³-hybridized carbons (Fsp3) is 0.300. The maximum absolute atomic E-state index is 4.45. The van der Waals surface area contributed by atoms with Crippen molar-refractivity contribution < 1.29 is 0 Å². The van der Waals surface area contributed by atoms with Crippen molar-refractivity contribution in [2.75, 3.05) is 6.54 Å². The van der Waals surface area contributed by atoms with Gasteiger partial charge in [0.2, 0.25) is 5.95 Å². The fourth-order valence-electron chi connectivity index (χ4n) is 1.81. The van der Waals surface area contributed by atoms with E-state index >= 15 is 0 Å². The zero-order valence-corrected chi connectivity index (χ0v) is 7.27. The van der Waals surface area contributed by atoms with Gasteiger partial charge in [0.05, 0.1) is 11.0 Å². The molecule has 0 fully saturated rings. The van der Waals surface area contributed by atoms with E-state index in [1.165, 1.54) is 5.52 Å². The molecule has 1 aliphatic heterocycles. The third kappa shape index (κ3) is 0.932. The first-order valence-electron chi connectivity index (χ1n) is 4.58. The zero-order chi connectivity index (χ0) is 8.67. The van der Waals surface area contributed by atoms with Crippen LogP contribution in [0.3, 0.4) is 0 Å². The number of aromatic nitrogens is 2. The summed E-state index contributed by atoms with van der Waals surface area (Å²) in [6.07, 6.45) is 1.13. The van der Waals surface area contributed by atoms with E-state index in [2.05, 4.69) is 20.9 Å². The molecule has 1 radical (unpaired) electrons.